The van der Waals surface area contributed by atoms with Gasteiger partial charge < -0.3 is 14.8 Å². The third kappa shape index (κ3) is 4.50. The summed E-state index contributed by atoms with van der Waals surface area (Å²) in [7, 11) is 0. The van der Waals surface area contributed by atoms with E-state index in [2.05, 4.69) is 15.8 Å². The molecule has 21 heavy (non-hydrogen) atoms. The SMILES string of the molecule is O=C(NCc1ccco1)C(=O)N/N=C\c1cccc(O)c1. The summed E-state index contributed by atoms with van der Waals surface area (Å²) in [4.78, 5) is 22.9. The maximum absolute atomic E-state index is 11.5. The normalized spacial score (nSPS) is 10.5. The predicted octanol–water partition coefficient (Wildman–Crippen LogP) is 0.752. The number of carbonyl (C=O) groups excluding carboxylic acids is 2. The summed E-state index contributed by atoms with van der Waals surface area (Å²) >= 11 is 0. The van der Waals surface area contributed by atoms with Crippen molar-refractivity contribution in [3.05, 3.63) is 54.0 Å². The van der Waals surface area contributed by atoms with Crippen molar-refractivity contribution >= 4 is 18.0 Å². The van der Waals surface area contributed by atoms with E-state index in [4.69, 9.17) is 4.42 Å². The summed E-state index contributed by atoms with van der Waals surface area (Å²) in [6.07, 6.45) is 2.79. The third-order valence-corrected chi connectivity index (χ3v) is 2.46. The molecular weight excluding hydrogens is 274 g/mol. The summed E-state index contributed by atoms with van der Waals surface area (Å²) < 4.78 is 5.01. The Morgan fingerprint density at radius 1 is 1.24 bits per heavy atom. The smallest absolute Gasteiger partial charge is 0.329 e. The number of rotatable bonds is 4. The third-order valence-electron chi connectivity index (χ3n) is 2.46. The van der Waals surface area contributed by atoms with E-state index in [9.17, 15) is 14.7 Å². The van der Waals surface area contributed by atoms with Crippen LogP contribution in [-0.2, 0) is 16.1 Å². The first-order valence-electron chi connectivity index (χ1n) is 6.08. The predicted molar refractivity (Wildman–Crippen MR) is 74.4 cm³/mol. The number of amides is 2. The molecule has 0 saturated heterocycles. The van der Waals surface area contributed by atoms with Crippen LogP contribution in [0.25, 0.3) is 0 Å². The lowest BCUT2D eigenvalue weighted by Crippen LogP contribution is -2.37. The highest BCUT2D eigenvalue weighted by molar-refractivity contribution is 6.35. The zero-order chi connectivity index (χ0) is 15.1. The van der Waals surface area contributed by atoms with Crippen LogP contribution in [0.1, 0.15) is 11.3 Å². The monoisotopic (exact) mass is 287 g/mol. The van der Waals surface area contributed by atoms with E-state index < -0.39 is 11.8 Å². The van der Waals surface area contributed by atoms with E-state index >= 15 is 0 Å². The van der Waals surface area contributed by atoms with Crippen LogP contribution in [-0.4, -0.2) is 23.1 Å². The molecule has 2 rings (SSSR count). The van der Waals surface area contributed by atoms with Crippen LogP contribution in [0, 0.1) is 0 Å². The summed E-state index contributed by atoms with van der Waals surface area (Å²) in [5.74, 6) is -1.08. The number of nitrogens with zero attached hydrogens (tertiary/aromatic N) is 1. The van der Waals surface area contributed by atoms with E-state index in [0.29, 0.717) is 11.3 Å². The largest absolute Gasteiger partial charge is 0.508 e. The highest BCUT2D eigenvalue weighted by Gasteiger charge is 2.12. The molecule has 1 aromatic carbocycles. The van der Waals surface area contributed by atoms with Crippen LogP contribution in [0.2, 0.25) is 0 Å². The van der Waals surface area contributed by atoms with Gasteiger partial charge in [0, 0.05) is 0 Å². The standard InChI is InChI=1S/C14H13N3O4/c18-11-4-1-3-10(7-11)8-16-17-14(20)13(19)15-9-12-5-2-6-21-12/h1-8,18H,9H2,(H,15,19)(H,17,20)/b16-8-. The van der Waals surface area contributed by atoms with Crippen LogP contribution in [0.3, 0.4) is 0 Å². The molecule has 7 nitrogen and oxygen atoms in total. The molecule has 0 radical (unpaired) electrons. The fraction of sp³-hybridized carbons (Fsp3) is 0.0714. The summed E-state index contributed by atoms with van der Waals surface area (Å²) in [5.41, 5.74) is 2.68. The fourth-order valence-corrected chi connectivity index (χ4v) is 1.48. The van der Waals surface area contributed by atoms with Crippen LogP contribution >= 0.6 is 0 Å². The minimum absolute atomic E-state index is 0.0847. The molecule has 108 valence electrons. The van der Waals surface area contributed by atoms with E-state index in [0.717, 1.165) is 0 Å². The molecule has 7 heteroatoms. The van der Waals surface area contributed by atoms with Crippen LogP contribution in [0.4, 0.5) is 0 Å². The number of phenols is 1. The van der Waals surface area contributed by atoms with Crippen molar-refractivity contribution in [2.45, 2.75) is 6.54 Å². The number of aromatic hydroxyl groups is 1. The quantitative estimate of drug-likeness (QED) is 0.438. The molecule has 0 aliphatic carbocycles. The Balaban J connectivity index is 1.79. The first-order chi connectivity index (χ1) is 10.1. The number of nitrogens with one attached hydrogen (secondary N) is 2. The molecule has 1 aromatic heterocycles. The van der Waals surface area contributed by atoms with Crippen molar-refractivity contribution in [2.24, 2.45) is 5.10 Å². The molecule has 0 saturated carbocycles. The lowest BCUT2D eigenvalue weighted by Gasteiger charge is -2.01. The number of carbonyl (C=O) groups is 2. The van der Waals surface area contributed by atoms with Crippen molar-refractivity contribution in [1.29, 1.82) is 0 Å². The minimum atomic E-state index is -0.891. The van der Waals surface area contributed by atoms with Gasteiger partial charge in [0.1, 0.15) is 11.5 Å². The Morgan fingerprint density at radius 3 is 2.81 bits per heavy atom. The number of phenolic OH excluding ortho intramolecular Hbond substituents is 1. The molecule has 0 aliphatic heterocycles. The van der Waals surface area contributed by atoms with Gasteiger partial charge in [0.05, 0.1) is 19.0 Å². The van der Waals surface area contributed by atoms with E-state index in [1.54, 1.807) is 24.3 Å². The second kappa shape index (κ2) is 6.90. The number of hydrogen-bond donors (Lipinski definition) is 3. The minimum Gasteiger partial charge on any atom is -0.508 e. The summed E-state index contributed by atoms with van der Waals surface area (Å²) in [5, 5.41) is 15.3. The molecule has 0 bridgehead atoms. The number of furan rings is 1. The van der Waals surface area contributed by atoms with Gasteiger partial charge >= 0.3 is 11.8 Å². The average molecular weight is 287 g/mol. The van der Waals surface area contributed by atoms with Crippen LogP contribution in [0.15, 0.2) is 52.2 Å². The molecule has 0 atom stereocenters. The molecule has 0 aliphatic rings. The van der Waals surface area contributed by atoms with Gasteiger partial charge in [0.15, 0.2) is 0 Å². The molecule has 2 amide bonds. The van der Waals surface area contributed by atoms with Crippen molar-refractivity contribution in [3.63, 3.8) is 0 Å². The van der Waals surface area contributed by atoms with Gasteiger partial charge in [-0.05, 0) is 29.8 Å². The Kier molecular flexibility index (Phi) is 4.70. The van der Waals surface area contributed by atoms with Gasteiger partial charge in [-0.3, -0.25) is 9.59 Å². The second-order valence-electron chi connectivity index (χ2n) is 4.06. The molecule has 0 unspecified atom stereocenters. The van der Waals surface area contributed by atoms with E-state index in [1.165, 1.54) is 24.6 Å². The van der Waals surface area contributed by atoms with E-state index in [-0.39, 0.29) is 12.3 Å². The van der Waals surface area contributed by atoms with Crippen molar-refractivity contribution in [1.82, 2.24) is 10.7 Å². The Morgan fingerprint density at radius 2 is 2.10 bits per heavy atom. The Labute approximate surface area is 120 Å². The number of hydrazone groups is 1. The zero-order valence-corrected chi connectivity index (χ0v) is 10.9. The number of hydrogen-bond acceptors (Lipinski definition) is 5. The average Bonchev–Trinajstić information content (AvgIpc) is 2.98. The molecule has 3 N–H and O–H groups in total. The molecule has 0 spiro atoms. The molecule has 2 aromatic rings. The zero-order valence-electron chi connectivity index (χ0n) is 10.9. The maximum Gasteiger partial charge on any atom is 0.329 e. The van der Waals surface area contributed by atoms with Crippen LogP contribution in [0.5, 0.6) is 5.75 Å². The van der Waals surface area contributed by atoms with Gasteiger partial charge in [-0.2, -0.15) is 5.10 Å². The van der Waals surface area contributed by atoms with E-state index in [1.807, 2.05) is 0 Å². The Bertz CT molecular complexity index is 650. The van der Waals surface area contributed by atoms with Gasteiger partial charge in [0.25, 0.3) is 0 Å². The summed E-state index contributed by atoms with van der Waals surface area (Å²) in [6.45, 7) is 0.121. The lowest BCUT2D eigenvalue weighted by molar-refractivity contribution is -0.139. The Hall–Kier alpha value is -3.09. The number of benzene rings is 1. The van der Waals surface area contributed by atoms with Crippen LogP contribution < -0.4 is 10.7 Å². The topological polar surface area (TPSA) is 104 Å². The second-order valence-corrected chi connectivity index (χ2v) is 4.06. The lowest BCUT2D eigenvalue weighted by atomic mass is 10.2. The van der Waals surface area contributed by atoms with Crippen molar-refractivity contribution in [2.75, 3.05) is 0 Å². The first-order valence-corrected chi connectivity index (χ1v) is 6.08. The highest BCUT2D eigenvalue weighted by atomic mass is 16.3. The van der Waals surface area contributed by atoms with Crippen molar-refractivity contribution < 1.29 is 19.1 Å². The molecule has 0 fully saturated rings. The maximum atomic E-state index is 11.5. The molecular formula is C14H13N3O4. The highest BCUT2D eigenvalue weighted by Crippen LogP contribution is 2.08. The first kappa shape index (κ1) is 14.3. The fourth-order valence-electron chi connectivity index (χ4n) is 1.48. The summed E-state index contributed by atoms with van der Waals surface area (Å²) in [6, 6.07) is 9.66. The van der Waals surface area contributed by atoms with Gasteiger partial charge in [-0.15, -0.1) is 0 Å². The van der Waals surface area contributed by atoms with Gasteiger partial charge in [-0.25, -0.2) is 5.43 Å². The van der Waals surface area contributed by atoms with Gasteiger partial charge in [-0.1, -0.05) is 12.1 Å². The van der Waals surface area contributed by atoms with Crippen molar-refractivity contribution in [3.8, 4) is 5.75 Å². The molecule has 1 heterocycles. The van der Waals surface area contributed by atoms with Gasteiger partial charge in [0.2, 0.25) is 0 Å².